The summed E-state index contributed by atoms with van der Waals surface area (Å²) in [6, 6.07) is 0. The first kappa shape index (κ1) is 12.0. The fraction of sp³-hybridized carbons (Fsp3) is 0.700. The van der Waals surface area contributed by atoms with Crippen molar-refractivity contribution in [3.63, 3.8) is 0 Å². The topological polar surface area (TPSA) is 16.1 Å². The molecule has 0 aliphatic rings. The van der Waals surface area contributed by atoms with Gasteiger partial charge >= 0.3 is 0 Å². The largest absolute Gasteiger partial charge is 0.348 e. The number of nitrogens with zero attached hydrogens (tertiary/aromatic N) is 2. The van der Waals surface area contributed by atoms with E-state index in [4.69, 9.17) is 0 Å². The van der Waals surface area contributed by atoms with Gasteiger partial charge in [-0.15, -0.1) is 11.3 Å². The minimum Gasteiger partial charge on any atom is -0.348 e. The lowest BCUT2D eigenvalue weighted by Gasteiger charge is -2.20. The van der Waals surface area contributed by atoms with Crippen molar-refractivity contribution >= 4 is 32.4 Å². The lowest BCUT2D eigenvalue weighted by atomic mass is 10.3. The second-order valence-corrected chi connectivity index (χ2v) is 4.94. The van der Waals surface area contributed by atoms with Crippen LogP contribution in [0.1, 0.15) is 33.1 Å². The van der Waals surface area contributed by atoms with Gasteiger partial charge < -0.3 is 4.90 Å². The zero-order chi connectivity index (χ0) is 10.4. The quantitative estimate of drug-likeness (QED) is 0.783. The Labute approximate surface area is 98.5 Å². The molecule has 0 amide bonds. The van der Waals surface area contributed by atoms with Crippen molar-refractivity contribution in [1.29, 1.82) is 0 Å². The Morgan fingerprint density at radius 3 is 2.64 bits per heavy atom. The zero-order valence-corrected chi connectivity index (χ0v) is 11.2. The molecule has 1 heterocycles. The third-order valence-corrected chi connectivity index (χ3v) is 3.62. The molecule has 0 aliphatic carbocycles. The number of aromatic nitrogens is 1. The van der Waals surface area contributed by atoms with Crippen LogP contribution in [0, 0.1) is 0 Å². The number of rotatable bonds is 6. The molecule has 1 rings (SSSR count). The van der Waals surface area contributed by atoms with Crippen LogP contribution in [0.4, 0.5) is 5.13 Å². The number of anilines is 1. The van der Waals surface area contributed by atoms with E-state index in [1.807, 2.05) is 5.38 Å². The Morgan fingerprint density at radius 1 is 1.36 bits per heavy atom. The van der Waals surface area contributed by atoms with Gasteiger partial charge in [0.25, 0.3) is 0 Å². The molecule has 0 spiro atoms. The van der Waals surface area contributed by atoms with Crippen LogP contribution in [-0.2, 0) is 0 Å². The highest BCUT2D eigenvalue weighted by atomic mass is 79.9. The maximum Gasteiger partial charge on any atom is 0.186 e. The van der Waals surface area contributed by atoms with Crippen molar-refractivity contribution < 1.29 is 0 Å². The lowest BCUT2D eigenvalue weighted by Crippen LogP contribution is -2.24. The SMILES string of the molecule is CCCCN(CCC)c1nc(Br)cs1. The van der Waals surface area contributed by atoms with Crippen LogP contribution in [0.5, 0.6) is 0 Å². The van der Waals surface area contributed by atoms with Gasteiger partial charge in [-0.3, -0.25) is 0 Å². The molecule has 4 heteroatoms. The second-order valence-electron chi connectivity index (χ2n) is 3.29. The molecule has 0 saturated carbocycles. The lowest BCUT2D eigenvalue weighted by molar-refractivity contribution is 0.702. The normalized spacial score (nSPS) is 10.5. The highest BCUT2D eigenvalue weighted by Gasteiger charge is 2.08. The summed E-state index contributed by atoms with van der Waals surface area (Å²) in [6.45, 7) is 6.67. The van der Waals surface area contributed by atoms with Crippen molar-refractivity contribution in [1.82, 2.24) is 4.98 Å². The summed E-state index contributed by atoms with van der Waals surface area (Å²) < 4.78 is 0.954. The summed E-state index contributed by atoms with van der Waals surface area (Å²) in [5.74, 6) is 0. The van der Waals surface area contributed by atoms with Gasteiger partial charge in [-0.2, -0.15) is 0 Å². The van der Waals surface area contributed by atoms with E-state index in [2.05, 4.69) is 39.7 Å². The Kier molecular flexibility index (Phi) is 5.48. The van der Waals surface area contributed by atoms with Gasteiger partial charge in [-0.1, -0.05) is 20.3 Å². The fourth-order valence-corrected chi connectivity index (χ4v) is 2.62. The molecule has 0 radical (unpaired) electrons. The van der Waals surface area contributed by atoms with E-state index in [0.717, 1.165) is 22.8 Å². The van der Waals surface area contributed by atoms with Crippen molar-refractivity contribution in [3.05, 3.63) is 9.98 Å². The molecule has 0 saturated heterocycles. The molecule has 0 aliphatic heterocycles. The Bertz CT molecular complexity index is 262. The summed E-state index contributed by atoms with van der Waals surface area (Å²) in [4.78, 5) is 6.82. The van der Waals surface area contributed by atoms with Crippen LogP contribution in [-0.4, -0.2) is 18.1 Å². The van der Waals surface area contributed by atoms with Gasteiger partial charge in [0.15, 0.2) is 5.13 Å². The van der Waals surface area contributed by atoms with Gasteiger partial charge in [-0.25, -0.2) is 4.98 Å². The summed E-state index contributed by atoms with van der Waals surface area (Å²) in [6.07, 6.45) is 3.67. The highest BCUT2D eigenvalue weighted by molar-refractivity contribution is 9.10. The van der Waals surface area contributed by atoms with Crippen molar-refractivity contribution in [2.75, 3.05) is 18.0 Å². The third kappa shape index (κ3) is 3.58. The average Bonchev–Trinajstić information content (AvgIpc) is 2.59. The molecular formula is C10H17BrN2S. The highest BCUT2D eigenvalue weighted by Crippen LogP contribution is 2.24. The van der Waals surface area contributed by atoms with Gasteiger partial charge in [0.05, 0.1) is 0 Å². The number of hydrogen-bond acceptors (Lipinski definition) is 3. The first-order valence-corrected chi connectivity index (χ1v) is 6.81. The Morgan fingerprint density at radius 2 is 2.14 bits per heavy atom. The second kappa shape index (κ2) is 6.40. The van der Waals surface area contributed by atoms with Gasteiger partial charge in [0.1, 0.15) is 4.60 Å². The van der Waals surface area contributed by atoms with E-state index in [-0.39, 0.29) is 0 Å². The predicted molar refractivity (Wildman–Crippen MR) is 67.2 cm³/mol. The number of thiazole rings is 1. The van der Waals surface area contributed by atoms with Crippen LogP contribution < -0.4 is 4.90 Å². The van der Waals surface area contributed by atoms with E-state index >= 15 is 0 Å². The molecule has 2 nitrogen and oxygen atoms in total. The monoisotopic (exact) mass is 276 g/mol. The summed E-state index contributed by atoms with van der Waals surface area (Å²) in [5.41, 5.74) is 0. The van der Waals surface area contributed by atoms with Gasteiger partial charge in [0, 0.05) is 18.5 Å². The standard InChI is InChI=1S/C10H17BrN2S/c1-3-5-7-13(6-4-2)10-12-9(11)8-14-10/h8H,3-7H2,1-2H3. The minimum atomic E-state index is 0.954. The number of hydrogen-bond donors (Lipinski definition) is 0. The molecule has 1 aromatic rings. The molecule has 0 aromatic carbocycles. The van der Waals surface area contributed by atoms with Crippen LogP contribution in [0.25, 0.3) is 0 Å². The van der Waals surface area contributed by atoms with Crippen LogP contribution in [0.2, 0.25) is 0 Å². The van der Waals surface area contributed by atoms with E-state index in [1.54, 1.807) is 11.3 Å². The fourth-order valence-electron chi connectivity index (χ4n) is 1.31. The Hall–Kier alpha value is -0.0900. The van der Waals surface area contributed by atoms with Crippen LogP contribution >= 0.6 is 27.3 Å². The zero-order valence-electron chi connectivity index (χ0n) is 8.79. The molecule has 80 valence electrons. The Balaban J connectivity index is 2.57. The van der Waals surface area contributed by atoms with Crippen molar-refractivity contribution in [2.45, 2.75) is 33.1 Å². The van der Waals surface area contributed by atoms with Gasteiger partial charge in [-0.05, 0) is 28.8 Å². The van der Waals surface area contributed by atoms with Gasteiger partial charge in [0.2, 0.25) is 0 Å². The molecule has 0 N–H and O–H groups in total. The molecule has 14 heavy (non-hydrogen) atoms. The molecule has 0 unspecified atom stereocenters. The first-order chi connectivity index (χ1) is 6.77. The molecule has 0 fully saturated rings. The van der Waals surface area contributed by atoms with E-state index in [9.17, 15) is 0 Å². The maximum atomic E-state index is 4.44. The van der Waals surface area contributed by atoms with Crippen molar-refractivity contribution in [3.8, 4) is 0 Å². The first-order valence-electron chi connectivity index (χ1n) is 5.13. The molecule has 0 bridgehead atoms. The van der Waals surface area contributed by atoms with E-state index in [0.29, 0.717) is 0 Å². The smallest absolute Gasteiger partial charge is 0.186 e. The molecule has 0 atom stereocenters. The predicted octanol–water partition coefficient (Wildman–Crippen LogP) is 3.92. The van der Waals surface area contributed by atoms with Crippen LogP contribution in [0.15, 0.2) is 9.98 Å². The summed E-state index contributed by atoms with van der Waals surface area (Å²) in [7, 11) is 0. The summed E-state index contributed by atoms with van der Waals surface area (Å²) >= 11 is 5.11. The number of unbranched alkanes of at least 4 members (excludes halogenated alkanes) is 1. The van der Waals surface area contributed by atoms with E-state index < -0.39 is 0 Å². The average molecular weight is 277 g/mol. The number of halogens is 1. The minimum absolute atomic E-state index is 0.954. The molecule has 1 aromatic heterocycles. The third-order valence-electron chi connectivity index (χ3n) is 2.01. The van der Waals surface area contributed by atoms with E-state index in [1.165, 1.54) is 19.3 Å². The van der Waals surface area contributed by atoms with Crippen molar-refractivity contribution in [2.24, 2.45) is 0 Å². The summed E-state index contributed by atoms with van der Waals surface area (Å²) in [5, 5.41) is 3.19. The van der Waals surface area contributed by atoms with Crippen LogP contribution in [0.3, 0.4) is 0 Å². The maximum absolute atomic E-state index is 4.44. The molecular weight excluding hydrogens is 260 g/mol.